The van der Waals surface area contributed by atoms with Crippen LogP contribution < -0.4 is 0 Å². The molecule has 0 saturated heterocycles. The lowest BCUT2D eigenvalue weighted by molar-refractivity contribution is -0.139. The van der Waals surface area contributed by atoms with Gasteiger partial charge in [0.1, 0.15) is 0 Å². The first-order valence-electron chi connectivity index (χ1n) is 7.01. The van der Waals surface area contributed by atoms with E-state index in [1.54, 1.807) is 0 Å². The fraction of sp³-hybridized carbons (Fsp3) is 0.562. The zero-order valence-corrected chi connectivity index (χ0v) is 11.6. The number of benzene rings is 1. The molecule has 1 aromatic rings. The Hall–Kier alpha value is -1.35. The zero-order chi connectivity index (χ0) is 13.5. The maximum Gasteiger partial charge on any atom is 0.309 e. The van der Waals surface area contributed by atoms with Crippen molar-refractivity contribution in [2.24, 2.45) is 5.92 Å². The van der Waals surface area contributed by atoms with Crippen molar-refractivity contribution in [1.29, 1.82) is 0 Å². The first-order valence-corrected chi connectivity index (χ1v) is 7.01. The Morgan fingerprint density at radius 3 is 2.58 bits per heavy atom. The summed E-state index contributed by atoms with van der Waals surface area (Å²) in [5.41, 5.74) is 2.09. The van der Waals surface area contributed by atoms with E-state index in [2.05, 4.69) is 0 Å². The molecule has 0 spiro atoms. The lowest BCUT2D eigenvalue weighted by Crippen LogP contribution is -2.09. The first kappa shape index (κ1) is 14.1. The summed E-state index contributed by atoms with van der Waals surface area (Å²) in [6.45, 7) is 1.43. The van der Waals surface area contributed by atoms with Crippen LogP contribution in [0.1, 0.15) is 36.8 Å². The Morgan fingerprint density at radius 1 is 1.21 bits per heavy atom. The van der Waals surface area contributed by atoms with Gasteiger partial charge in [-0.05, 0) is 29.9 Å². The largest absolute Gasteiger partial charge is 0.469 e. The normalized spacial score (nSPS) is 15.6. The predicted molar refractivity (Wildman–Crippen MR) is 73.8 cm³/mol. The highest BCUT2D eigenvalue weighted by molar-refractivity contribution is 5.72. The van der Waals surface area contributed by atoms with Crippen LogP contribution in [0.15, 0.2) is 24.3 Å². The fourth-order valence-electron chi connectivity index (χ4n) is 2.61. The molecule has 3 nitrogen and oxygen atoms in total. The van der Waals surface area contributed by atoms with Gasteiger partial charge in [-0.3, -0.25) is 4.79 Å². The van der Waals surface area contributed by atoms with Crippen molar-refractivity contribution in [2.45, 2.75) is 38.7 Å². The maximum atomic E-state index is 11.4. The number of esters is 1. The Labute approximate surface area is 114 Å². The predicted octanol–water partition coefficient (Wildman–Crippen LogP) is 3.11. The van der Waals surface area contributed by atoms with Gasteiger partial charge in [0.25, 0.3) is 0 Å². The molecule has 1 saturated carbocycles. The molecule has 0 amide bonds. The second-order valence-corrected chi connectivity index (χ2v) is 5.19. The Balaban J connectivity index is 1.86. The molecule has 19 heavy (non-hydrogen) atoms. The topological polar surface area (TPSA) is 35.5 Å². The van der Waals surface area contributed by atoms with E-state index >= 15 is 0 Å². The van der Waals surface area contributed by atoms with Crippen molar-refractivity contribution in [2.75, 3.05) is 13.7 Å². The number of hydrogen-bond acceptors (Lipinski definition) is 3. The molecule has 0 bridgehead atoms. The van der Waals surface area contributed by atoms with Gasteiger partial charge in [-0.2, -0.15) is 0 Å². The highest BCUT2D eigenvalue weighted by Gasteiger charge is 2.15. The number of methoxy groups -OCH3 is 1. The van der Waals surface area contributed by atoms with E-state index in [1.165, 1.54) is 32.8 Å². The van der Waals surface area contributed by atoms with Gasteiger partial charge in [0.2, 0.25) is 0 Å². The van der Waals surface area contributed by atoms with Crippen LogP contribution in [0.4, 0.5) is 0 Å². The molecule has 2 rings (SSSR count). The molecular formula is C16H22O3. The molecule has 0 aliphatic heterocycles. The standard InChI is InChI=1S/C16H22O3/c1-18-16(17)10-14-8-4-5-9-15(14)12-19-11-13-6-2-3-7-13/h4-5,8-9,13H,2-3,6-7,10-12H2,1H3. The van der Waals surface area contributed by atoms with Gasteiger partial charge in [0.05, 0.1) is 20.1 Å². The quantitative estimate of drug-likeness (QED) is 0.739. The van der Waals surface area contributed by atoms with Gasteiger partial charge in [-0.1, -0.05) is 37.1 Å². The van der Waals surface area contributed by atoms with Crippen molar-refractivity contribution in [3.8, 4) is 0 Å². The molecule has 0 aromatic heterocycles. The summed E-state index contributed by atoms with van der Waals surface area (Å²) >= 11 is 0. The average Bonchev–Trinajstić information content (AvgIpc) is 2.94. The third-order valence-electron chi connectivity index (χ3n) is 3.77. The maximum absolute atomic E-state index is 11.4. The van der Waals surface area contributed by atoms with Crippen LogP contribution in [-0.2, 0) is 27.3 Å². The molecule has 1 aromatic carbocycles. The lowest BCUT2D eigenvalue weighted by atomic mass is 10.1. The minimum absolute atomic E-state index is 0.205. The summed E-state index contributed by atoms with van der Waals surface area (Å²) in [4.78, 5) is 11.4. The molecule has 0 unspecified atom stereocenters. The summed E-state index contributed by atoms with van der Waals surface area (Å²) < 4.78 is 10.5. The monoisotopic (exact) mass is 262 g/mol. The molecule has 104 valence electrons. The highest BCUT2D eigenvalue weighted by atomic mass is 16.5. The van der Waals surface area contributed by atoms with E-state index in [9.17, 15) is 4.79 Å². The van der Waals surface area contributed by atoms with Crippen molar-refractivity contribution < 1.29 is 14.3 Å². The smallest absolute Gasteiger partial charge is 0.309 e. The summed E-state index contributed by atoms with van der Waals surface area (Å²) in [5.74, 6) is 0.524. The van der Waals surface area contributed by atoms with E-state index in [4.69, 9.17) is 9.47 Å². The molecule has 0 radical (unpaired) electrons. The van der Waals surface area contributed by atoms with E-state index in [0.717, 1.165) is 23.7 Å². The van der Waals surface area contributed by atoms with Gasteiger partial charge < -0.3 is 9.47 Å². The Morgan fingerprint density at radius 2 is 1.89 bits per heavy atom. The second-order valence-electron chi connectivity index (χ2n) is 5.19. The number of carbonyl (C=O) groups excluding carboxylic acids is 1. The molecule has 1 aliphatic carbocycles. The Bertz CT molecular complexity index is 408. The first-order chi connectivity index (χ1) is 9.29. The van der Waals surface area contributed by atoms with Crippen molar-refractivity contribution in [3.05, 3.63) is 35.4 Å². The van der Waals surface area contributed by atoms with Crippen molar-refractivity contribution in [3.63, 3.8) is 0 Å². The molecule has 0 heterocycles. The van der Waals surface area contributed by atoms with E-state index in [1.807, 2.05) is 24.3 Å². The number of carbonyl (C=O) groups is 1. The van der Waals surface area contributed by atoms with Crippen LogP contribution in [0.5, 0.6) is 0 Å². The molecule has 1 aliphatic rings. The minimum Gasteiger partial charge on any atom is -0.469 e. The van der Waals surface area contributed by atoms with Gasteiger partial charge in [0.15, 0.2) is 0 Å². The summed E-state index contributed by atoms with van der Waals surface area (Å²) in [6.07, 6.45) is 5.59. The van der Waals surface area contributed by atoms with Crippen LogP contribution >= 0.6 is 0 Å². The molecule has 3 heteroatoms. The number of ether oxygens (including phenoxy) is 2. The van der Waals surface area contributed by atoms with Gasteiger partial charge in [0, 0.05) is 6.61 Å². The van der Waals surface area contributed by atoms with Crippen LogP contribution in [0.3, 0.4) is 0 Å². The molecule has 0 atom stereocenters. The SMILES string of the molecule is COC(=O)Cc1ccccc1COCC1CCCC1. The number of hydrogen-bond donors (Lipinski definition) is 0. The van der Waals surface area contributed by atoms with E-state index < -0.39 is 0 Å². The van der Waals surface area contributed by atoms with Crippen LogP contribution in [0, 0.1) is 5.92 Å². The minimum atomic E-state index is -0.205. The van der Waals surface area contributed by atoms with Crippen LogP contribution in [0.2, 0.25) is 0 Å². The summed E-state index contributed by atoms with van der Waals surface area (Å²) in [7, 11) is 1.42. The lowest BCUT2D eigenvalue weighted by Gasteiger charge is -2.12. The van der Waals surface area contributed by atoms with E-state index in [0.29, 0.717) is 13.0 Å². The average molecular weight is 262 g/mol. The third-order valence-corrected chi connectivity index (χ3v) is 3.77. The van der Waals surface area contributed by atoms with Gasteiger partial charge in [-0.25, -0.2) is 0 Å². The third kappa shape index (κ3) is 4.35. The molecular weight excluding hydrogens is 240 g/mol. The van der Waals surface area contributed by atoms with E-state index in [-0.39, 0.29) is 5.97 Å². The van der Waals surface area contributed by atoms with Gasteiger partial charge in [-0.15, -0.1) is 0 Å². The van der Waals surface area contributed by atoms with Crippen LogP contribution in [-0.4, -0.2) is 19.7 Å². The van der Waals surface area contributed by atoms with Crippen molar-refractivity contribution in [1.82, 2.24) is 0 Å². The highest BCUT2D eigenvalue weighted by Crippen LogP contribution is 2.25. The zero-order valence-electron chi connectivity index (χ0n) is 11.6. The molecule has 1 fully saturated rings. The van der Waals surface area contributed by atoms with Crippen molar-refractivity contribution >= 4 is 5.97 Å². The van der Waals surface area contributed by atoms with Crippen LogP contribution in [0.25, 0.3) is 0 Å². The Kier molecular flexibility index (Phi) is 5.40. The van der Waals surface area contributed by atoms with Gasteiger partial charge >= 0.3 is 5.97 Å². The molecule has 0 N–H and O–H groups in total. The second kappa shape index (κ2) is 7.29. The summed E-state index contributed by atoms with van der Waals surface area (Å²) in [6, 6.07) is 7.91. The fourth-order valence-corrected chi connectivity index (χ4v) is 2.61. The number of rotatable bonds is 6. The summed E-state index contributed by atoms with van der Waals surface area (Å²) in [5, 5.41) is 0.